The molecule has 0 saturated heterocycles. The van der Waals surface area contributed by atoms with Gasteiger partial charge >= 0.3 is 0 Å². The molecule has 0 bridgehead atoms. The van der Waals surface area contributed by atoms with Crippen molar-refractivity contribution in [3.8, 4) is 0 Å². The molecule has 2 nitrogen and oxygen atoms in total. The van der Waals surface area contributed by atoms with Gasteiger partial charge in [-0.2, -0.15) is 0 Å². The highest BCUT2D eigenvalue weighted by molar-refractivity contribution is 4.88. The second-order valence-electron chi connectivity index (χ2n) is 5.45. The van der Waals surface area contributed by atoms with Gasteiger partial charge in [0.15, 0.2) is 0 Å². The minimum absolute atomic E-state index is 0.0724. The standard InChI is InChI=1S/C13H29NO/c1-7-13(4,14(5)6)12(15)10-8-9-11(2)3/h11-12,15H,7-10H2,1-6H3. The molecular weight excluding hydrogens is 186 g/mol. The number of hydrogen-bond acceptors (Lipinski definition) is 2. The van der Waals surface area contributed by atoms with Gasteiger partial charge in [0.1, 0.15) is 0 Å². The Morgan fingerprint density at radius 1 is 1.20 bits per heavy atom. The number of aliphatic hydroxyl groups is 1. The van der Waals surface area contributed by atoms with Crippen molar-refractivity contribution < 1.29 is 5.11 Å². The number of nitrogens with zero attached hydrogens (tertiary/aromatic N) is 1. The van der Waals surface area contributed by atoms with Crippen LogP contribution in [0.2, 0.25) is 0 Å². The highest BCUT2D eigenvalue weighted by Crippen LogP contribution is 2.24. The third-order valence-corrected chi connectivity index (χ3v) is 3.71. The first-order valence-electron chi connectivity index (χ1n) is 6.20. The summed E-state index contributed by atoms with van der Waals surface area (Å²) in [4.78, 5) is 2.15. The second kappa shape index (κ2) is 6.49. The van der Waals surface area contributed by atoms with Gasteiger partial charge in [-0.15, -0.1) is 0 Å². The number of likely N-dealkylation sites (N-methyl/N-ethyl adjacent to an activating group) is 1. The molecule has 0 aromatic carbocycles. The zero-order valence-electron chi connectivity index (χ0n) is 11.4. The zero-order chi connectivity index (χ0) is 12.1. The summed E-state index contributed by atoms with van der Waals surface area (Å²) in [7, 11) is 4.10. The van der Waals surface area contributed by atoms with Crippen LogP contribution in [-0.2, 0) is 0 Å². The molecule has 15 heavy (non-hydrogen) atoms. The maximum atomic E-state index is 10.2. The van der Waals surface area contributed by atoms with Crippen molar-refractivity contribution in [3.05, 3.63) is 0 Å². The Labute approximate surface area is 95.7 Å². The Hall–Kier alpha value is -0.0800. The Kier molecular flexibility index (Phi) is 6.46. The molecule has 0 rings (SSSR count). The average Bonchev–Trinajstić information content (AvgIpc) is 2.15. The van der Waals surface area contributed by atoms with E-state index < -0.39 is 0 Å². The van der Waals surface area contributed by atoms with Gasteiger partial charge in [-0.25, -0.2) is 0 Å². The molecule has 2 unspecified atom stereocenters. The maximum absolute atomic E-state index is 10.2. The normalized spacial score (nSPS) is 18.2. The zero-order valence-corrected chi connectivity index (χ0v) is 11.4. The van der Waals surface area contributed by atoms with Gasteiger partial charge in [0, 0.05) is 5.54 Å². The van der Waals surface area contributed by atoms with E-state index in [0.29, 0.717) is 0 Å². The van der Waals surface area contributed by atoms with Gasteiger partial charge in [0.05, 0.1) is 6.10 Å². The van der Waals surface area contributed by atoms with E-state index in [0.717, 1.165) is 25.2 Å². The molecule has 0 aliphatic rings. The van der Waals surface area contributed by atoms with Gasteiger partial charge in [0.25, 0.3) is 0 Å². The van der Waals surface area contributed by atoms with Crippen LogP contribution in [-0.4, -0.2) is 35.7 Å². The first-order valence-corrected chi connectivity index (χ1v) is 6.20. The molecule has 0 spiro atoms. The third kappa shape index (κ3) is 4.52. The smallest absolute Gasteiger partial charge is 0.0720 e. The summed E-state index contributed by atoms with van der Waals surface area (Å²) >= 11 is 0. The van der Waals surface area contributed by atoms with Crippen molar-refractivity contribution in [2.45, 2.75) is 65.0 Å². The van der Waals surface area contributed by atoms with Crippen molar-refractivity contribution >= 4 is 0 Å². The van der Waals surface area contributed by atoms with Gasteiger partial charge in [-0.1, -0.05) is 33.6 Å². The first kappa shape index (κ1) is 14.9. The lowest BCUT2D eigenvalue weighted by atomic mass is 9.86. The van der Waals surface area contributed by atoms with Crippen LogP contribution in [0.5, 0.6) is 0 Å². The molecule has 0 saturated carbocycles. The lowest BCUT2D eigenvalue weighted by Crippen LogP contribution is -2.50. The van der Waals surface area contributed by atoms with Gasteiger partial charge in [0.2, 0.25) is 0 Å². The van der Waals surface area contributed by atoms with Crippen LogP contribution < -0.4 is 0 Å². The van der Waals surface area contributed by atoms with E-state index in [1.54, 1.807) is 0 Å². The monoisotopic (exact) mass is 215 g/mol. The van der Waals surface area contributed by atoms with E-state index in [1.165, 1.54) is 6.42 Å². The molecule has 1 N–H and O–H groups in total. The van der Waals surface area contributed by atoms with Crippen LogP contribution in [0.1, 0.15) is 53.4 Å². The summed E-state index contributed by atoms with van der Waals surface area (Å²) in [5.41, 5.74) is -0.0724. The summed E-state index contributed by atoms with van der Waals surface area (Å²) in [6, 6.07) is 0. The number of aliphatic hydroxyl groups excluding tert-OH is 1. The van der Waals surface area contributed by atoms with Crippen LogP contribution in [0.25, 0.3) is 0 Å². The molecule has 2 atom stereocenters. The average molecular weight is 215 g/mol. The summed E-state index contributed by atoms with van der Waals surface area (Å²) in [6.45, 7) is 8.76. The SMILES string of the molecule is CCC(C)(C(O)CCCC(C)C)N(C)C. The van der Waals surface area contributed by atoms with Crippen molar-refractivity contribution in [3.63, 3.8) is 0 Å². The first-order chi connectivity index (χ1) is 6.84. The van der Waals surface area contributed by atoms with Gasteiger partial charge in [-0.3, -0.25) is 0 Å². The predicted octanol–water partition coefficient (Wildman–Crippen LogP) is 2.90. The lowest BCUT2D eigenvalue weighted by molar-refractivity contribution is -0.00412. The van der Waals surface area contributed by atoms with Crippen molar-refractivity contribution in [1.29, 1.82) is 0 Å². The van der Waals surface area contributed by atoms with Gasteiger partial charge in [-0.05, 0) is 39.8 Å². The van der Waals surface area contributed by atoms with E-state index in [9.17, 15) is 5.11 Å². The summed E-state index contributed by atoms with van der Waals surface area (Å²) in [5, 5.41) is 10.2. The molecule has 0 radical (unpaired) electrons. The lowest BCUT2D eigenvalue weighted by Gasteiger charge is -2.40. The van der Waals surface area contributed by atoms with Crippen molar-refractivity contribution in [2.75, 3.05) is 14.1 Å². The molecule has 0 fully saturated rings. The Balaban J connectivity index is 4.10. The fraction of sp³-hybridized carbons (Fsp3) is 1.00. The van der Waals surface area contributed by atoms with Crippen LogP contribution in [0.15, 0.2) is 0 Å². The van der Waals surface area contributed by atoms with E-state index >= 15 is 0 Å². The van der Waals surface area contributed by atoms with Gasteiger partial charge < -0.3 is 10.0 Å². The molecular formula is C13H29NO. The molecule has 2 heteroatoms. The van der Waals surface area contributed by atoms with Crippen LogP contribution in [0.4, 0.5) is 0 Å². The van der Waals surface area contributed by atoms with Crippen molar-refractivity contribution in [1.82, 2.24) is 4.90 Å². The minimum Gasteiger partial charge on any atom is -0.391 e. The largest absolute Gasteiger partial charge is 0.391 e. The topological polar surface area (TPSA) is 23.5 Å². The Morgan fingerprint density at radius 2 is 1.73 bits per heavy atom. The Bertz CT molecular complexity index is 168. The highest BCUT2D eigenvalue weighted by Gasteiger charge is 2.32. The van der Waals surface area contributed by atoms with Crippen LogP contribution in [0.3, 0.4) is 0 Å². The molecule has 0 heterocycles. The van der Waals surface area contributed by atoms with E-state index in [2.05, 4.69) is 46.7 Å². The molecule has 92 valence electrons. The van der Waals surface area contributed by atoms with E-state index in [-0.39, 0.29) is 11.6 Å². The molecule has 0 amide bonds. The van der Waals surface area contributed by atoms with Crippen LogP contribution >= 0.6 is 0 Å². The summed E-state index contributed by atoms with van der Waals surface area (Å²) in [6.07, 6.45) is 4.03. The fourth-order valence-corrected chi connectivity index (χ4v) is 1.88. The Morgan fingerprint density at radius 3 is 2.07 bits per heavy atom. The quantitative estimate of drug-likeness (QED) is 0.706. The maximum Gasteiger partial charge on any atom is 0.0720 e. The minimum atomic E-state index is -0.212. The number of rotatable bonds is 7. The highest BCUT2D eigenvalue weighted by atomic mass is 16.3. The molecule has 0 aliphatic carbocycles. The summed E-state index contributed by atoms with van der Waals surface area (Å²) in [5.74, 6) is 0.740. The molecule has 0 aromatic heterocycles. The molecule has 0 aromatic rings. The van der Waals surface area contributed by atoms with E-state index in [4.69, 9.17) is 0 Å². The fourth-order valence-electron chi connectivity index (χ4n) is 1.88. The van der Waals surface area contributed by atoms with E-state index in [1.807, 2.05) is 0 Å². The number of hydrogen-bond donors (Lipinski definition) is 1. The van der Waals surface area contributed by atoms with Crippen LogP contribution in [0, 0.1) is 5.92 Å². The third-order valence-electron chi connectivity index (χ3n) is 3.71. The second-order valence-corrected chi connectivity index (χ2v) is 5.45. The molecule has 0 aliphatic heterocycles. The summed E-state index contributed by atoms with van der Waals surface area (Å²) < 4.78 is 0. The predicted molar refractivity (Wildman–Crippen MR) is 67.1 cm³/mol. The van der Waals surface area contributed by atoms with Crippen molar-refractivity contribution in [2.24, 2.45) is 5.92 Å².